The summed E-state index contributed by atoms with van der Waals surface area (Å²) in [7, 11) is 0. The van der Waals surface area contributed by atoms with Crippen molar-refractivity contribution in [1.29, 1.82) is 0 Å². The summed E-state index contributed by atoms with van der Waals surface area (Å²) in [5.41, 5.74) is 0.860. The predicted octanol–water partition coefficient (Wildman–Crippen LogP) is 2.70. The minimum absolute atomic E-state index is 0. The Morgan fingerprint density at radius 1 is 1.33 bits per heavy atom. The summed E-state index contributed by atoms with van der Waals surface area (Å²) in [4.78, 5) is 18.8. The van der Waals surface area contributed by atoms with Gasteiger partial charge in [-0.05, 0) is 45.0 Å². The lowest BCUT2D eigenvalue weighted by atomic mass is 10.1. The van der Waals surface area contributed by atoms with Gasteiger partial charge in [0.25, 0.3) is 0 Å². The Balaban J connectivity index is 0.00000261. The monoisotopic (exact) mass is 394 g/mol. The van der Waals surface area contributed by atoms with Gasteiger partial charge in [-0.15, -0.1) is 12.4 Å². The van der Waals surface area contributed by atoms with Crippen molar-refractivity contribution in [2.45, 2.75) is 45.7 Å². The summed E-state index contributed by atoms with van der Waals surface area (Å²) >= 11 is 0. The van der Waals surface area contributed by atoms with Crippen LogP contribution in [-0.4, -0.2) is 52.7 Å². The second-order valence-electron chi connectivity index (χ2n) is 6.54. The van der Waals surface area contributed by atoms with E-state index in [-0.39, 0.29) is 24.4 Å². The third kappa shape index (κ3) is 5.20. The number of benzene rings is 1. The van der Waals surface area contributed by atoms with Crippen LogP contribution in [-0.2, 0) is 11.2 Å². The molecule has 1 amide bonds. The van der Waals surface area contributed by atoms with E-state index in [0.29, 0.717) is 37.2 Å². The number of carbonyl (C=O) groups excluding carboxylic acids is 1. The lowest BCUT2D eigenvalue weighted by Gasteiger charge is -2.38. The normalized spacial score (nSPS) is 19.4. The molecule has 0 spiro atoms. The molecule has 27 heavy (non-hydrogen) atoms. The first kappa shape index (κ1) is 21.2. The average Bonchev–Trinajstić information content (AvgIpc) is 3.12. The zero-order valence-electron chi connectivity index (χ0n) is 16.0. The Hall–Kier alpha value is -2.12. The molecule has 2 atom stereocenters. The number of nitrogens with one attached hydrogen (secondary N) is 1. The van der Waals surface area contributed by atoms with Crippen molar-refractivity contribution in [1.82, 2.24) is 20.4 Å². The van der Waals surface area contributed by atoms with Gasteiger partial charge >= 0.3 is 0 Å². The minimum atomic E-state index is 0. The quantitative estimate of drug-likeness (QED) is 0.811. The van der Waals surface area contributed by atoms with E-state index in [4.69, 9.17) is 9.26 Å². The topological polar surface area (TPSA) is 80.5 Å². The number of nitrogens with zero attached hydrogens (tertiary/aromatic N) is 3. The molecule has 2 unspecified atom stereocenters. The molecule has 1 aliphatic heterocycles. The molecule has 0 aliphatic carbocycles. The van der Waals surface area contributed by atoms with Crippen molar-refractivity contribution in [3.05, 3.63) is 30.2 Å². The highest BCUT2D eigenvalue weighted by atomic mass is 35.5. The van der Waals surface area contributed by atoms with Gasteiger partial charge in [-0.1, -0.05) is 5.16 Å². The Morgan fingerprint density at radius 3 is 2.78 bits per heavy atom. The number of hydrogen-bond acceptors (Lipinski definition) is 6. The molecule has 7 nitrogen and oxygen atoms in total. The Labute approximate surface area is 165 Å². The van der Waals surface area contributed by atoms with E-state index in [0.717, 1.165) is 24.4 Å². The lowest BCUT2D eigenvalue weighted by molar-refractivity contribution is -0.134. The number of amides is 1. The summed E-state index contributed by atoms with van der Waals surface area (Å²) in [6, 6.07) is 8.06. The van der Waals surface area contributed by atoms with E-state index in [9.17, 15) is 4.79 Å². The zero-order chi connectivity index (χ0) is 18.5. The van der Waals surface area contributed by atoms with Crippen molar-refractivity contribution in [3.8, 4) is 17.1 Å². The largest absolute Gasteiger partial charge is 0.494 e. The van der Waals surface area contributed by atoms with Crippen molar-refractivity contribution < 1.29 is 14.1 Å². The molecule has 8 heteroatoms. The Bertz CT molecular complexity index is 735. The molecule has 1 aromatic carbocycles. The van der Waals surface area contributed by atoms with Crippen molar-refractivity contribution >= 4 is 18.3 Å². The van der Waals surface area contributed by atoms with E-state index in [1.54, 1.807) is 0 Å². The summed E-state index contributed by atoms with van der Waals surface area (Å²) < 4.78 is 10.7. The maximum absolute atomic E-state index is 12.5. The molecule has 3 rings (SSSR count). The molecule has 0 radical (unpaired) electrons. The summed E-state index contributed by atoms with van der Waals surface area (Å²) in [5.74, 6) is 1.95. The molecule has 148 valence electrons. The van der Waals surface area contributed by atoms with Crippen molar-refractivity contribution in [2.24, 2.45) is 0 Å². The van der Waals surface area contributed by atoms with Gasteiger partial charge in [0, 0.05) is 43.6 Å². The van der Waals surface area contributed by atoms with Crippen LogP contribution in [0.1, 0.15) is 33.1 Å². The maximum atomic E-state index is 12.5. The smallest absolute Gasteiger partial charge is 0.227 e. The van der Waals surface area contributed by atoms with Crippen LogP contribution in [0.4, 0.5) is 0 Å². The minimum Gasteiger partial charge on any atom is -0.494 e. The number of aromatic nitrogens is 2. The molecule has 2 aromatic rings. The van der Waals surface area contributed by atoms with Crippen molar-refractivity contribution in [2.75, 3.05) is 19.7 Å². The Kier molecular flexibility index (Phi) is 7.62. The number of piperazine rings is 1. The first-order chi connectivity index (χ1) is 12.6. The van der Waals surface area contributed by atoms with Gasteiger partial charge < -0.3 is 19.5 Å². The second kappa shape index (κ2) is 9.71. The van der Waals surface area contributed by atoms with E-state index in [1.807, 2.05) is 36.1 Å². The predicted molar refractivity (Wildman–Crippen MR) is 105 cm³/mol. The van der Waals surface area contributed by atoms with Crippen LogP contribution in [0.3, 0.4) is 0 Å². The number of aryl methyl sites for hydroxylation is 1. The fourth-order valence-electron chi connectivity index (χ4n) is 3.11. The summed E-state index contributed by atoms with van der Waals surface area (Å²) in [6.45, 7) is 8.33. The lowest BCUT2D eigenvalue weighted by Crippen LogP contribution is -2.57. The molecular formula is C19H27ClN4O3. The van der Waals surface area contributed by atoms with Gasteiger partial charge in [-0.2, -0.15) is 4.98 Å². The van der Waals surface area contributed by atoms with Crippen molar-refractivity contribution in [3.63, 3.8) is 0 Å². The number of rotatable bonds is 6. The molecular weight excluding hydrogens is 368 g/mol. The molecule has 0 saturated carbocycles. The van der Waals surface area contributed by atoms with Crippen LogP contribution in [0.5, 0.6) is 5.75 Å². The van der Waals surface area contributed by atoms with Gasteiger partial charge in [0.05, 0.1) is 6.61 Å². The van der Waals surface area contributed by atoms with E-state index >= 15 is 0 Å². The fraction of sp³-hybridized carbons (Fsp3) is 0.526. The van der Waals surface area contributed by atoms with Gasteiger partial charge in [0.15, 0.2) is 0 Å². The maximum Gasteiger partial charge on any atom is 0.227 e. The fourth-order valence-corrected chi connectivity index (χ4v) is 3.11. The standard InChI is InChI=1S/C19H26N4O3.ClH/c1-4-25-16-7-5-15(6-8-16)19-21-17(26-22-19)9-10-18(24)23-12-11-20-13(2)14(23)3;/h5-8,13-14,20H,4,9-12H2,1-3H3;1H. The van der Waals surface area contributed by atoms with Gasteiger partial charge in [-0.25, -0.2) is 0 Å². The zero-order valence-corrected chi connectivity index (χ0v) is 16.8. The van der Waals surface area contributed by atoms with Crippen LogP contribution >= 0.6 is 12.4 Å². The second-order valence-corrected chi connectivity index (χ2v) is 6.54. The van der Waals surface area contributed by atoms with Crippen LogP contribution in [0.15, 0.2) is 28.8 Å². The molecule has 1 fully saturated rings. The number of ether oxygens (including phenoxy) is 1. The summed E-state index contributed by atoms with van der Waals surface area (Å²) in [5, 5.41) is 7.40. The van der Waals surface area contributed by atoms with Crippen LogP contribution < -0.4 is 10.1 Å². The molecule has 1 aliphatic rings. The van der Waals surface area contributed by atoms with E-state index < -0.39 is 0 Å². The first-order valence-corrected chi connectivity index (χ1v) is 9.17. The van der Waals surface area contributed by atoms with Gasteiger partial charge in [0.2, 0.25) is 17.6 Å². The van der Waals surface area contributed by atoms with E-state index in [1.165, 1.54) is 0 Å². The summed E-state index contributed by atoms with van der Waals surface area (Å²) in [6.07, 6.45) is 0.829. The number of halogens is 1. The van der Waals surface area contributed by atoms with Crippen LogP contribution in [0.25, 0.3) is 11.4 Å². The van der Waals surface area contributed by atoms with E-state index in [2.05, 4.69) is 29.3 Å². The van der Waals surface area contributed by atoms with Crippen LogP contribution in [0.2, 0.25) is 0 Å². The van der Waals surface area contributed by atoms with Gasteiger partial charge in [0.1, 0.15) is 5.75 Å². The first-order valence-electron chi connectivity index (χ1n) is 9.17. The highest BCUT2D eigenvalue weighted by Crippen LogP contribution is 2.20. The average molecular weight is 395 g/mol. The third-order valence-corrected chi connectivity index (χ3v) is 4.80. The van der Waals surface area contributed by atoms with Gasteiger partial charge in [-0.3, -0.25) is 4.79 Å². The SMILES string of the molecule is CCOc1ccc(-c2noc(CCC(=O)N3CCNC(C)C3C)n2)cc1.Cl. The number of hydrogen-bond donors (Lipinski definition) is 1. The molecule has 2 heterocycles. The molecule has 1 N–H and O–H groups in total. The molecule has 0 bridgehead atoms. The highest BCUT2D eigenvalue weighted by molar-refractivity contribution is 5.85. The van der Waals surface area contributed by atoms with Crippen LogP contribution in [0, 0.1) is 0 Å². The highest BCUT2D eigenvalue weighted by Gasteiger charge is 2.27. The molecule has 1 aromatic heterocycles. The molecule has 1 saturated heterocycles. The number of carbonyl (C=O) groups is 1. The third-order valence-electron chi connectivity index (χ3n) is 4.80. The Morgan fingerprint density at radius 2 is 2.07 bits per heavy atom.